The normalized spacial score (nSPS) is 10.7. The second-order valence-corrected chi connectivity index (χ2v) is 4.09. The summed E-state index contributed by atoms with van der Waals surface area (Å²) in [4.78, 5) is 19.4. The van der Waals surface area contributed by atoms with E-state index in [0.29, 0.717) is 11.5 Å². The van der Waals surface area contributed by atoms with Gasteiger partial charge in [0, 0.05) is 5.56 Å². The van der Waals surface area contributed by atoms with Gasteiger partial charge in [-0.3, -0.25) is 4.79 Å². The first-order chi connectivity index (χ1) is 9.69. The van der Waals surface area contributed by atoms with Gasteiger partial charge in [-0.2, -0.15) is 14.6 Å². The Labute approximate surface area is 114 Å². The van der Waals surface area contributed by atoms with Crippen LogP contribution in [0.2, 0.25) is 0 Å². The van der Waals surface area contributed by atoms with Crippen molar-refractivity contribution >= 4 is 11.7 Å². The van der Waals surface area contributed by atoms with Crippen molar-refractivity contribution in [2.24, 2.45) is 5.73 Å². The summed E-state index contributed by atoms with van der Waals surface area (Å²) in [5, 5.41) is 4.10. The van der Waals surface area contributed by atoms with E-state index in [4.69, 9.17) is 10.5 Å². The molecule has 0 radical (unpaired) electrons. The van der Waals surface area contributed by atoms with E-state index in [1.54, 1.807) is 17.7 Å². The molecule has 3 aromatic rings. The Morgan fingerprint density at radius 3 is 2.70 bits per heavy atom. The molecule has 0 bridgehead atoms. The van der Waals surface area contributed by atoms with Gasteiger partial charge < -0.3 is 10.5 Å². The number of amides is 1. The zero-order valence-electron chi connectivity index (χ0n) is 10.6. The van der Waals surface area contributed by atoms with Crippen molar-refractivity contribution in [2.45, 2.75) is 0 Å². The van der Waals surface area contributed by atoms with Crippen LogP contribution in [0.1, 0.15) is 10.5 Å². The molecular weight excluding hydrogens is 258 g/mol. The number of carbonyl (C=O) groups excluding carboxylic acids is 1. The minimum atomic E-state index is -0.606. The molecule has 1 aromatic carbocycles. The zero-order valence-corrected chi connectivity index (χ0v) is 10.6. The van der Waals surface area contributed by atoms with E-state index >= 15 is 0 Å². The van der Waals surface area contributed by atoms with Crippen LogP contribution in [0.5, 0.6) is 5.75 Å². The van der Waals surface area contributed by atoms with E-state index in [1.807, 2.05) is 24.3 Å². The quantitative estimate of drug-likeness (QED) is 0.762. The Bertz CT molecular complexity index is 779. The molecule has 1 amide bonds. The standard InChI is InChI=1S/C13H11N5O2/c1-20-9-4-2-8(3-5-9)11-6-10(12(14)19)17-13-15-7-16-18(11)13/h2-7H,1H3,(H2,14,19). The zero-order chi connectivity index (χ0) is 14.1. The third-order valence-electron chi connectivity index (χ3n) is 2.89. The Kier molecular flexibility index (Phi) is 2.79. The summed E-state index contributed by atoms with van der Waals surface area (Å²) in [6.07, 6.45) is 1.38. The molecule has 0 aliphatic rings. The number of nitrogens with two attached hydrogens (primary N) is 1. The van der Waals surface area contributed by atoms with Crippen molar-refractivity contribution in [3.05, 3.63) is 42.4 Å². The van der Waals surface area contributed by atoms with Crippen LogP contribution in [0.25, 0.3) is 17.0 Å². The maximum atomic E-state index is 11.3. The maximum absolute atomic E-state index is 11.3. The molecule has 3 rings (SSSR count). The highest BCUT2D eigenvalue weighted by Crippen LogP contribution is 2.22. The summed E-state index contributed by atoms with van der Waals surface area (Å²) in [5.41, 5.74) is 6.97. The van der Waals surface area contributed by atoms with Crippen molar-refractivity contribution in [2.75, 3.05) is 7.11 Å². The Morgan fingerprint density at radius 2 is 2.05 bits per heavy atom. The molecule has 0 spiro atoms. The molecule has 7 nitrogen and oxygen atoms in total. The third-order valence-corrected chi connectivity index (χ3v) is 2.89. The number of rotatable bonds is 3. The molecule has 2 N–H and O–H groups in total. The van der Waals surface area contributed by atoms with Gasteiger partial charge in [0.05, 0.1) is 12.8 Å². The van der Waals surface area contributed by atoms with E-state index in [-0.39, 0.29) is 5.69 Å². The van der Waals surface area contributed by atoms with Gasteiger partial charge in [0.15, 0.2) is 0 Å². The number of primary amides is 1. The molecule has 0 fully saturated rings. The van der Waals surface area contributed by atoms with Crippen molar-refractivity contribution < 1.29 is 9.53 Å². The summed E-state index contributed by atoms with van der Waals surface area (Å²) in [6, 6.07) is 8.96. The first-order valence-electron chi connectivity index (χ1n) is 5.84. The van der Waals surface area contributed by atoms with Gasteiger partial charge in [0.2, 0.25) is 0 Å². The van der Waals surface area contributed by atoms with Crippen LogP contribution in [0.3, 0.4) is 0 Å². The lowest BCUT2D eigenvalue weighted by Crippen LogP contribution is -2.14. The van der Waals surface area contributed by atoms with Gasteiger partial charge in [-0.1, -0.05) is 0 Å². The predicted octanol–water partition coefficient (Wildman–Crippen LogP) is 0.899. The molecule has 100 valence electrons. The number of benzene rings is 1. The molecule has 2 aromatic heterocycles. The van der Waals surface area contributed by atoms with Crippen LogP contribution in [0, 0.1) is 0 Å². The number of hydrogen-bond donors (Lipinski definition) is 1. The molecule has 20 heavy (non-hydrogen) atoms. The number of carbonyl (C=O) groups is 1. The van der Waals surface area contributed by atoms with Gasteiger partial charge in [0.1, 0.15) is 17.8 Å². The van der Waals surface area contributed by atoms with Crippen molar-refractivity contribution in [3.8, 4) is 17.0 Å². The summed E-state index contributed by atoms with van der Waals surface area (Å²) >= 11 is 0. The Balaban J connectivity index is 2.22. The third kappa shape index (κ3) is 1.95. The largest absolute Gasteiger partial charge is 0.497 e. The van der Waals surface area contributed by atoms with E-state index in [1.165, 1.54) is 6.33 Å². The van der Waals surface area contributed by atoms with Crippen LogP contribution in [0.4, 0.5) is 0 Å². The lowest BCUT2D eigenvalue weighted by atomic mass is 10.1. The molecule has 0 atom stereocenters. The van der Waals surface area contributed by atoms with Gasteiger partial charge in [-0.15, -0.1) is 0 Å². The molecule has 0 saturated heterocycles. The van der Waals surface area contributed by atoms with Gasteiger partial charge in [-0.05, 0) is 30.3 Å². The van der Waals surface area contributed by atoms with Gasteiger partial charge in [0.25, 0.3) is 11.7 Å². The highest BCUT2D eigenvalue weighted by Gasteiger charge is 2.12. The fourth-order valence-corrected chi connectivity index (χ4v) is 1.91. The monoisotopic (exact) mass is 269 g/mol. The predicted molar refractivity (Wildman–Crippen MR) is 71.3 cm³/mol. The average molecular weight is 269 g/mol. The first-order valence-corrected chi connectivity index (χ1v) is 5.84. The summed E-state index contributed by atoms with van der Waals surface area (Å²) in [6.45, 7) is 0. The average Bonchev–Trinajstić information content (AvgIpc) is 2.94. The summed E-state index contributed by atoms with van der Waals surface area (Å²) in [7, 11) is 1.60. The number of methoxy groups -OCH3 is 1. The lowest BCUT2D eigenvalue weighted by molar-refractivity contribution is 0.0995. The smallest absolute Gasteiger partial charge is 0.267 e. The number of aromatic nitrogens is 4. The molecule has 0 aliphatic heterocycles. The van der Waals surface area contributed by atoms with Crippen molar-refractivity contribution in [3.63, 3.8) is 0 Å². The second kappa shape index (κ2) is 4.61. The number of ether oxygens (including phenoxy) is 1. The molecule has 7 heteroatoms. The Morgan fingerprint density at radius 1 is 1.30 bits per heavy atom. The molecular formula is C13H11N5O2. The minimum Gasteiger partial charge on any atom is -0.497 e. The fraction of sp³-hybridized carbons (Fsp3) is 0.0769. The van der Waals surface area contributed by atoms with E-state index in [2.05, 4.69) is 15.1 Å². The van der Waals surface area contributed by atoms with Crippen molar-refractivity contribution in [1.82, 2.24) is 19.6 Å². The topological polar surface area (TPSA) is 95.4 Å². The number of fused-ring (bicyclic) bond motifs is 1. The van der Waals surface area contributed by atoms with Gasteiger partial charge >= 0.3 is 0 Å². The number of hydrogen-bond acceptors (Lipinski definition) is 5. The van der Waals surface area contributed by atoms with E-state index < -0.39 is 5.91 Å². The minimum absolute atomic E-state index is 0.149. The second-order valence-electron chi connectivity index (χ2n) is 4.09. The summed E-state index contributed by atoms with van der Waals surface area (Å²) < 4.78 is 6.67. The van der Waals surface area contributed by atoms with Crippen LogP contribution < -0.4 is 10.5 Å². The highest BCUT2D eigenvalue weighted by molar-refractivity contribution is 5.92. The van der Waals surface area contributed by atoms with E-state index in [9.17, 15) is 4.79 Å². The van der Waals surface area contributed by atoms with Gasteiger partial charge in [-0.25, -0.2) is 4.98 Å². The molecule has 0 unspecified atom stereocenters. The lowest BCUT2D eigenvalue weighted by Gasteiger charge is -2.07. The number of nitrogens with zero attached hydrogens (tertiary/aromatic N) is 4. The molecule has 0 aliphatic carbocycles. The maximum Gasteiger partial charge on any atom is 0.267 e. The SMILES string of the molecule is COc1ccc(-c2cc(C(N)=O)nc3ncnn23)cc1. The van der Waals surface area contributed by atoms with Crippen molar-refractivity contribution in [1.29, 1.82) is 0 Å². The van der Waals surface area contributed by atoms with E-state index in [0.717, 1.165) is 11.3 Å². The molecule has 0 saturated carbocycles. The van der Waals surface area contributed by atoms with Crippen LogP contribution >= 0.6 is 0 Å². The molecule has 2 heterocycles. The highest BCUT2D eigenvalue weighted by atomic mass is 16.5. The van der Waals surface area contributed by atoms with Crippen LogP contribution in [0.15, 0.2) is 36.7 Å². The first kappa shape index (κ1) is 12.1. The van der Waals surface area contributed by atoms with Crippen LogP contribution in [-0.2, 0) is 0 Å². The summed E-state index contributed by atoms with van der Waals surface area (Å²) in [5.74, 6) is 0.463. The Hall–Kier alpha value is -2.96. The van der Waals surface area contributed by atoms with Crippen LogP contribution in [-0.4, -0.2) is 32.6 Å². The fourth-order valence-electron chi connectivity index (χ4n) is 1.91.